The van der Waals surface area contributed by atoms with E-state index in [4.69, 9.17) is 9.47 Å². The molecule has 3 heterocycles. The van der Waals surface area contributed by atoms with Gasteiger partial charge in [-0.05, 0) is 35.2 Å². The number of benzene rings is 2. The Morgan fingerprint density at radius 2 is 1.65 bits per heavy atom. The number of hydrogen-bond acceptors (Lipinski definition) is 6. The van der Waals surface area contributed by atoms with E-state index in [1.54, 1.807) is 24.3 Å². The van der Waals surface area contributed by atoms with Crippen LogP contribution in [0.15, 0.2) is 60.0 Å². The molecule has 2 aromatic carbocycles. The van der Waals surface area contributed by atoms with Crippen molar-refractivity contribution in [3.8, 4) is 11.5 Å². The number of nitrogens with zero attached hydrogens (tertiary/aromatic N) is 2. The Bertz CT molecular complexity index is 1100. The van der Waals surface area contributed by atoms with E-state index in [0.717, 1.165) is 36.7 Å². The van der Waals surface area contributed by atoms with Gasteiger partial charge in [0.25, 0.3) is 5.91 Å². The molecule has 0 radical (unpaired) electrons. The van der Waals surface area contributed by atoms with Crippen LogP contribution in [0, 0.1) is 0 Å². The first-order valence-electron chi connectivity index (χ1n) is 10.3. The summed E-state index contributed by atoms with van der Waals surface area (Å²) in [5.74, 6) is 1.40. The molecule has 0 spiro atoms. The maximum atomic E-state index is 13.2. The number of fused-ring (bicyclic) bond motifs is 1. The Labute approximate surface area is 184 Å². The van der Waals surface area contributed by atoms with Crippen molar-refractivity contribution in [1.82, 2.24) is 9.80 Å². The molecule has 6 nitrogen and oxygen atoms in total. The maximum Gasteiger partial charge on any atom is 0.254 e. The lowest BCUT2D eigenvalue weighted by Gasteiger charge is -2.35. The van der Waals surface area contributed by atoms with E-state index in [1.807, 2.05) is 34.5 Å². The lowest BCUT2D eigenvalue weighted by atomic mass is 10.0. The number of carbonyl (C=O) groups is 2. The average molecular weight is 435 g/mol. The molecule has 31 heavy (non-hydrogen) atoms. The molecule has 0 N–H and O–H groups in total. The van der Waals surface area contributed by atoms with E-state index >= 15 is 0 Å². The molecule has 1 saturated heterocycles. The van der Waals surface area contributed by atoms with E-state index in [2.05, 4.69) is 11.0 Å². The summed E-state index contributed by atoms with van der Waals surface area (Å²) in [6.45, 7) is 3.89. The Morgan fingerprint density at radius 3 is 2.42 bits per heavy atom. The summed E-state index contributed by atoms with van der Waals surface area (Å²) in [5, 5.41) is 1.87. The summed E-state index contributed by atoms with van der Waals surface area (Å²) in [7, 11) is 0. The van der Waals surface area contributed by atoms with Crippen LogP contribution >= 0.6 is 11.3 Å². The molecule has 1 aromatic heterocycles. The van der Waals surface area contributed by atoms with Gasteiger partial charge in [-0.1, -0.05) is 30.3 Å². The van der Waals surface area contributed by atoms with Crippen molar-refractivity contribution < 1.29 is 19.1 Å². The van der Waals surface area contributed by atoms with E-state index in [1.165, 1.54) is 11.3 Å². The molecule has 0 bridgehead atoms. The Kier molecular flexibility index (Phi) is 5.44. The number of amides is 1. The third-order valence-electron chi connectivity index (χ3n) is 5.65. The van der Waals surface area contributed by atoms with E-state index < -0.39 is 0 Å². The van der Waals surface area contributed by atoms with Crippen LogP contribution in [0.5, 0.6) is 11.5 Å². The van der Waals surface area contributed by atoms with Gasteiger partial charge in [0, 0.05) is 38.3 Å². The smallest absolute Gasteiger partial charge is 0.254 e. The minimum absolute atomic E-state index is 0.0803. The number of ether oxygens (including phenoxy) is 2. The molecule has 0 unspecified atom stereocenters. The second-order valence-corrected chi connectivity index (χ2v) is 8.56. The molecule has 158 valence electrons. The van der Waals surface area contributed by atoms with Crippen molar-refractivity contribution in [1.29, 1.82) is 0 Å². The minimum Gasteiger partial charge on any atom is -0.454 e. The molecular weight excluding hydrogens is 412 g/mol. The Balaban J connectivity index is 1.24. The molecule has 2 aliphatic heterocycles. The van der Waals surface area contributed by atoms with Gasteiger partial charge in [0.05, 0.1) is 10.4 Å². The molecule has 2 aliphatic rings. The third-order valence-corrected chi connectivity index (χ3v) is 6.52. The summed E-state index contributed by atoms with van der Waals surface area (Å²) in [6, 6.07) is 16.8. The normalized spacial score (nSPS) is 15.8. The lowest BCUT2D eigenvalue weighted by molar-refractivity contribution is 0.0625. The standard InChI is InChI=1S/C24H22N2O4S/c27-23(22-6-3-13-31-22)18-4-1-2-5-19(18)24(28)26-11-9-25(10-12-26)15-17-7-8-20-21(14-17)30-16-29-20/h1-8,13-14H,9-12,15-16H2. The van der Waals surface area contributed by atoms with Crippen molar-refractivity contribution in [2.24, 2.45) is 0 Å². The second-order valence-electron chi connectivity index (χ2n) is 7.61. The van der Waals surface area contributed by atoms with Crippen LogP contribution in [-0.2, 0) is 6.54 Å². The van der Waals surface area contributed by atoms with Gasteiger partial charge in [-0.15, -0.1) is 11.3 Å². The van der Waals surface area contributed by atoms with E-state index in [-0.39, 0.29) is 18.5 Å². The van der Waals surface area contributed by atoms with Gasteiger partial charge in [0.2, 0.25) is 12.6 Å². The summed E-state index contributed by atoms with van der Waals surface area (Å²) in [5.41, 5.74) is 2.11. The van der Waals surface area contributed by atoms with Crippen LogP contribution in [0.2, 0.25) is 0 Å². The number of thiophene rings is 1. The highest BCUT2D eigenvalue weighted by Crippen LogP contribution is 2.33. The van der Waals surface area contributed by atoms with Crippen molar-refractivity contribution in [3.63, 3.8) is 0 Å². The van der Waals surface area contributed by atoms with Crippen molar-refractivity contribution in [3.05, 3.63) is 81.5 Å². The van der Waals surface area contributed by atoms with Gasteiger partial charge in [-0.2, -0.15) is 0 Å². The first kappa shape index (κ1) is 19.8. The zero-order valence-electron chi connectivity index (χ0n) is 17.0. The van der Waals surface area contributed by atoms with Gasteiger partial charge in [-0.25, -0.2) is 0 Å². The van der Waals surface area contributed by atoms with Crippen molar-refractivity contribution in [2.45, 2.75) is 6.54 Å². The molecule has 0 aliphatic carbocycles. The fourth-order valence-corrected chi connectivity index (χ4v) is 4.66. The van der Waals surface area contributed by atoms with Gasteiger partial charge in [0.1, 0.15) is 0 Å². The summed E-state index contributed by atoms with van der Waals surface area (Å²) in [6.07, 6.45) is 0. The SMILES string of the molecule is O=C(c1cccs1)c1ccccc1C(=O)N1CCN(Cc2ccc3c(c2)OCO3)CC1. The summed E-state index contributed by atoms with van der Waals surface area (Å²) < 4.78 is 10.8. The number of piperazine rings is 1. The van der Waals surface area contributed by atoms with Gasteiger partial charge < -0.3 is 14.4 Å². The second kappa shape index (κ2) is 8.53. The molecule has 1 fully saturated rings. The average Bonchev–Trinajstić information content (AvgIpc) is 3.51. The van der Waals surface area contributed by atoms with Crippen LogP contribution in [-0.4, -0.2) is 54.5 Å². The fourth-order valence-electron chi connectivity index (χ4n) is 3.99. The highest BCUT2D eigenvalue weighted by atomic mass is 32.1. The molecule has 5 rings (SSSR count). The molecule has 3 aromatic rings. The van der Waals surface area contributed by atoms with Gasteiger partial charge in [0.15, 0.2) is 11.5 Å². The highest BCUT2D eigenvalue weighted by Gasteiger charge is 2.26. The first-order chi connectivity index (χ1) is 15.2. The number of rotatable bonds is 5. The Morgan fingerprint density at radius 1 is 0.871 bits per heavy atom. The molecule has 7 heteroatoms. The molecular formula is C24H22N2O4S. The Hall–Kier alpha value is -3.16. The molecule has 0 atom stereocenters. The van der Waals surface area contributed by atoms with Crippen LogP contribution in [0.4, 0.5) is 0 Å². The third kappa shape index (κ3) is 4.06. The van der Waals surface area contributed by atoms with E-state index in [9.17, 15) is 9.59 Å². The van der Waals surface area contributed by atoms with Crippen LogP contribution in [0.3, 0.4) is 0 Å². The van der Waals surface area contributed by atoms with Gasteiger partial charge in [-0.3, -0.25) is 14.5 Å². The number of ketones is 1. The number of hydrogen-bond donors (Lipinski definition) is 0. The summed E-state index contributed by atoms with van der Waals surface area (Å²) >= 11 is 1.39. The predicted molar refractivity (Wildman–Crippen MR) is 118 cm³/mol. The first-order valence-corrected chi connectivity index (χ1v) is 11.1. The van der Waals surface area contributed by atoms with Crippen molar-refractivity contribution in [2.75, 3.05) is 33.0 Å². The predicted octanol–water partition coefficient (Wildman–Crippen LogP) is 3.67. The zero-order valence-corrected chi connectivity index (χ0v) is 17.8. The van der Waals surface area contributed by atoms with E-state index in [0.29, 0.717) is 29.1 Å². The monoisotopic (exact) mass is 434 g/mol. The van der Waals surface area contributed by atoms with Crippen LogP contribution in [0.25, 0.3) is 0 Å². The quantitative estimate of drug-likeness (QED) is 0.574. The maximum absolute atomic E-state index is 13.2. The molecule has 1 amide bonds. The lowest BCUT2D eigenvalue weighted by Crippen LogP contribution is -2.48. The van der Waals surface area contributed by atoms with Crippen LogP contribution in [0.1, 0.15) is 31.2 Å². The number of carbonyl (C=O) groups excluding carboxylic acids is 2. The summed E-state index contributed by atoms with van der Waals surface area (Å²) in [4.78, 5) is 30.9. The minimum atomic E-state index is -0.0969. The van der Waals surface area contributed by atoms with Gasteiger partial charge >= 0.3 is 0 Å². The fraction of sp³-hybridized carbons (Fsp3) is 0.250. The topological polar surface area (TPSA) is 59.1 Å². The largest absolute Gasteiger partial charge is 0.454 e. The zero-order chi connectivity index (χ0) is 21.2. The van der Waals surface area contributed by atoms with Crippen LogP contribution < -0.4 is 9.47 Å². The van der Waals surface area contributed by atoms with Crippen molar-refractivity contribution >= 4 is 23.0 Å². The molecule has 0 saturated carbocycles. The highest BCUT2D eigenvalue weighted by molar-refractivity contribution is 7.12.